The standard InChI is InChI=1S/C21H32O4.H2O/c1-7-15(6)18(22)17-12-16(9-8-13(2)3)19(23)21(25,20(17)24)11-10-14(4)5;/h8,10,12,15,18,22-23,25H,7,9,11H2,1-6H3;1H2/t15?,18?,21-;/m1./s1. The van der Waals surface area contributed by atoms with E-state index in [1.165, 1.54) is 0 Å². The number of carbonyl (C=O) groups is 1. The second-order valence-corrected chi connectivity index (χ2v) is 7.46. The van der Waals surface area contributed by atoms with Crippen LogP contribution in [0.2, 0.25) is 0 Å². The molecule has 1 rings (SSSR count). The number of Topliss-reactive ketones (excluding diaryl/α,β-unsaturated/α-hetero) is 1. The van der Waals surface area contributed by atoms with E-state index < -0.39 is 17.5 Å². The molecule has 148 valence electrons. The third kappa shape index (κ3) is 5.40. The molecule has 0 heterocycles. The van der Waals surface area contributed by atoms with Gasteiger partial charge in [0.25, 0.3) is 0 Å². The topological polar surface area (TPSA) is 109 Å². The second kappa shape index (κ2) is 9.86. The molecule has 5 N–H and O–H groups in total. The van der Waals surface area contributed by atoms with Crippen molar-refractivity contribution in [2.45, 2.75) is 72.5 Å². The fourth-order valence-corrected chi connectivity index (χ4v) is 2.69. The van der Waals surface area contributed by atoms with E-state index in [1.54, 1.807) is 12.2 Å². The van der Waals surface area contributed by atoms with Gasteiger partial charge in [-0.1, -0.05) is 43.6 Å². The van der Waals surface area contributed by atoms with Gasteiger partial charge in [0.15, 0.2) is 5.60 Å². The van der Waals surface area contributed by atoms with Gasteiger partial charge in [-0.3, -0.25) is 4.79 Å². The van der Waals surface area contributed by atoms with E-state index in [4.69, 9.17) is 0 Å². The predicted octanol–water partition coefficient (Wildman–Crippen LogP) is 3.33. The van der Waals surface area contributed by atoms with Crippen LogP contribution in [0.1, 0.15) is 60.8 Å². The number of hydrogen-bond acceptors (Lipinski definition) is 4. The summed E-state index contributed by atoms with van der Waals surface area (Å²) in [6.45, 7) is 11.4. The number of rotatable bonds is 7. The fraction of sp³-hybridized carbons (Fsp3) is 0.571. The molecule has 0 aromatic heterocycles. The Morgan fingerprint density at radius 2 is 1.73 bits per heavy atom. The van der Waals surface area contributed by atoms with Gasteiger partial charge in [0.1, 0.15) is 5.76 Å². The Hall–Kier alpha value is -1.69. The molecule has 1 aliphatic rings. The highest BCUT2D eigenvalue weighted by Crippen LogP contribution is 2.36. The van der Waals surface area contributed by atoms with Crippen molar-refractivity contribution in [3.05, 3.63) is 46.3 Å². The maximum absolute atomic E-state index is 12.9. The Labute approximate surface area is 156 Å². The third-order valence-corrected chi connectivity index (χ3v) is 4.70. The van der Waals surface area contributed by atoms with Crippen molar-refractivity contribution >= 4 is 5.78 Å². The minimum atomic E-state index is -2.01. The largest absolute Gasteiger partial charge is 0.508 e. The highest BCUT2D eigenvalue weighted by Gasteiger charge is 2.46. The van der Waals surface area contributed by atoms with Crippen LogP contribution in [-0.4, -0.2) is 38.3 Å². The van der Waals surface area contributed by atoms with Gasteiger partial charge in [-0.2, -0.15) is 0 Å². The van der Waals surface area contributed by atoms with Gasteiger partial charge < -0.3 is 20.8 Å². The van der Waals surface area contributed by atoms with Crippen molar-refractivity contribution in [1.82, 2.24) is 0 Å². The van der Waals surface area contributed by atoms with E-state index in [0.29, 0.717) is 18.4 Å². The molecule has 1 aliphatic carbocycles. The van der Waals surface area contributed by atoms with Crippen LogP contribution < -0.4 is 0 Å². The number of aliphatic hydroxyl groups excluding tert-OH is 2. The van der Waals surface area contributed by atoms with Crippen molar-refractivity contribution in [3.63, 3.8) is 0 Å². The highest BCUT2D eigenvalue weighted by molar-refractivity contribution is 6.06. The Kier molecular flexibility index (Phi) is 9.22. The number of ketones is 1. The molecule has 0 saturated heterocycles. The van der Waals surface area contributed by atoms with Crippen LogP contribution in [-0.2, 0) is 4.79 Å². The molecule has 0 radical (unpaired) electrons. The van der Waals surface area contributed by atoms with Crippen LogP contribution in [0.25, 0.3) is 0 Å². The lowest BCUT2D eigenvalue weighted by Crippen LogP contribution is -2.47. The smallest absolute Gasteiger partial charge is 0.201 e. The van der Waals surface area contributed by atoms with Crippen LogP contribution in [0.3, 0.4) is 0 Å². The predicted molar refractivity (Wildman–Crippen MR) is 105 cm³/mol. The van der Waals surface area contributed by atoms with Crippen LogP contribution in [0.5, 0.6) is 0 Å². The Morgan fingerprint density at radius 1 is 1.19 bits per heavy atom. The normalized spacial score (nSPS) is 22.2. The minimum Gasteiger partial charge on any atom is -0.508 e. The van der Waals surface area contributed by atoms with Crippen LogP contribution in [0.15, 0.2) is 46.3 Å². The molecule has 0 fully saturated rings. The molecule has 5 nitrogen and oxygen atoms in total. The Morgan fingerprint density at radius 3 is 2.19 bits per heavy atom. The van der Waals surface area contributed by atoms with E-state index in [0.717, 1.165) is 11.1 Å². The lowest BCUT2D eigenvalue weighted by molar-refractivity contribution is -0.134. The quantitative estimate of drug-likeness (QED) is 0.600. The maximum Gasteiger partial charge on any atom is 0.201 e. The summed E-state index contributed by atoms with van der Waals surface area (Å²) in [5.41, 5.74) is 0.651. The van der Waals surface area contributed by atoms with Crippen LogP contribution in [0, 0.1) is 5.92 Å². The molecule has 26 heavy (non-hydrogen) atoms. The summed E-state index contributed by atoms with van der Waals surface area (Å²) in [5.74, 6) is -1.04. The Bertz CT molecular complexity index is 631. The third-order valence-electron chi connectivity index (χ3n) is 4.70. The summed E-state index contributed by atoms with van der Waals surface area (Å²) in [6.07, 6.45) is 5.32. The molecule has 0 saturated carbocycles. The average molecular weight is 366 g/mol. The van der Waals surface area contributed by atoms with Gasteiger partial charge in [0.2, 0.25) is 5.78 Å². The number of hydrogen-bond donors (Lipinski definition) is 3. The molecule has 0 spiro atoms. The summed E-state index contributed by atoms with van der Waals surface area (Å²) in [4.78, 5) is 12.9. The summed E-state index contributed by atoms with van der Waals surface area (Å²) < 4.78 is 0. The summed E-state index contributed by atoms with van der Waals surface area (Å²) in [5, 5.41) is 32.2. The number of aliphatic hydroxyl groups is 3. The molecule has 0 aromatic carbocycles. The van der Waals surface area contributed by atoms with Gasteiger partial charge in [-0.05, 0) is 51.7 Å². The van der Waals surface area contributed by atoms with Gasteiger partial charge in [0.05, 0.1) is 6.10 Å². The minimum absolute atomic E-state index is 0. The zero-order chi connectivity index (χ0) is 19.4. The van der Waals surface area contributed by atoms with Gasteiger partial charge in [-0.15, -0.1) is 0 Å². The SMILES string of the molecule is CCC(C)C(O)C1=CC(CC=C(C)C)=C(O)[C@](O)(CC=C(C)C)C1=O.O. The van der Waals surface area contributed by atoms with E-state index in [-0.39, 0.29) is 29.1 Å². The first-order chi connectivity index (χ1) is 11.5. The van der Waals surface area contributed by atoms with E-state index in [2.05, 4.69) is 0 Å². The number of allylic oxidation sites excluding steroid dienone is 5. The molecular formula is C21H34O5. The molecule has 0 amide bonds. The molecule has 3 atom stereocenters. The first-order valence-electron chi connectivity index (χ1n) is 8.90. The van der Waals surface area contributed by atoms with Gasteiger partial charge in [-0.25, -0.2) is 0 Å². The van der Waals surface area contributed by atoms with Gasteiger partial charge in [0, 0.05) is 12.0 Å². The Balaban J connectivity index is 0.00000625. The zero-order valence-electron chi connectivity index (χ0n) is 16.8. The number of carbonyl (C=O) groups excluding carboxylic acids is 1. The molecule has 5 heteroatoms. The van der Waals surface area contributed by atoms with Crippen molar-refractivity contribution in [2.24, 2.45) is 5.92 Å². The van der Waals surface area contributed by atoms with Crippen LogP contribution in [0.4, 0.5) is 0 Å². The molecular weight excluding hydrogens is 332 g/mol. The maximum atomic E-state index is 12.9. The summed E-state index contributed by atoms with van der Waals surface area (Å²) in [7, 11) is 0. The summed E-state index contributed by atoms with van der Waals surface area (Å²) >= 11 is 0. The second-order valence-electron chi connectivity index (χ2n) is 7.46. The molecule has 0 bridgehead atoms. The first kappa shape index (κ1) is 24.3. The first-order valence-corrected chi connectivity index (χ1v) is 8.90. The van der Waals surface area contributed by atoms with Crippen LogP contribution >= 0.6 is 0 Å². The van der Waals surface area contributed by atoms with Crippen molar-refractivity contribution in [3.8, 4) is 0 Å². The lowest BCUT2D eigenvalue weighted by Gasteiger charge is -2.33. The average Bonchev–Trinajstić information content (AvgIpc) is 2.56. The van der Waals surface area contributed by atoms with E-state index in [1.807, 2.05) is 47.6 Å². The summed E-state index contributed by atoms with van der Waals surface area (Å²) in [6, 6.07) is 0. The molecule has 2 unspecified atom stereocenters. The monoisotopic (exact) mass is 366 g/mol. The van der Waals surface area contributed by atoms with Gasteiger partial charge >= 0.3 is 0 Å². The van der Waals surface area contributed by atoms with Crippen molar-refractivity contribution in [2.75, 3.05) is 0 Å². The fourth-order valence-electron chi connectivity index (χ4n) is 2.69. The van der Waals surface area contributed by atoms with E-state index >= 15 is 0 Å². The van der Waals surface area contributed by atoms with E-state index in [9.17, 15) is 20.1 Å². The zero-order valence-corrected chi connectivity index (χ0v) is 16.8. The molecule has 0 aliphatic heterocycles. The lowest BCUT2D eigenvalue weighted by atomic mass is 9.76. The highest BCUT2D eigenvalue weighted by atomic mass is 16.3. The molecule has 0 aromatic rings. The van der Waals surface area contributed by atoms with Crippen molar-refractivity contribution < 1.29 is 25.6 Å². The van der Waals surface area contributed by atoms with Crippen molar-refractivity contribution in [1.29, 1.82) is 0 Å².